The highest BCUT2D eigenvalue weighted by atomic mass is 79.9. The predicted molar refractivity (Wildman–Crippen MR) is 86.4 cm³/mol. The Kier molecular flexibility index (Phi) is 5.77. The van der Waals surface area contributed by atoms with E-state index in [9.17, 15) is 13.2 Å². The fraction of sp³-hybridized carbons (Fsp3) is 0.462. The lowest BCUT2D eigenvalue weighted by Crippen LogP contribution is -2.46. The molecule has 0 heterocycles. The molecule has 0 fully saturated rings. The molecule has 0 aliphatic carbocycles. The minimum absolute atomic E-state index is 0.0542. The summed E-state index contributed by atoms with van der Waals surface area (Å²) in [6.07, 6.45) is 0. The second-order valence-corrected chi connectivity index (χ2v) is 7.72. The lowest BCUT2D eigenvalue weighted by Gasteiger charge is -2.17. The van der Waals surface area contributed by atoms with Crippen molar-refractivity contribution >= 4 is 37.5 Å². The van der Waals surface area contributed by atoms with Crippen molar-refractivity contribution < 1.29 is 13.2 Å². The van der Waals surface area contributed by atoms with Crippen LogP contribution in [0.5, 0.6) is 0 Å². The predicted octanol–water partition coefficient (Wildman–Crippen LogP) is 1.53. The number of anilines is 1. The van der Waals surface area contributed by atoms with E-state index in [2.05, 4.69) is 26.0 Å². The van der Waals surface area contributed by atoms with E-state index in [1.54, 1.807) is 26.8 Å². The average molecular weight is 378 g/mol. The van der Waals surface area contributed by atoms with Crippen LogP contribution in [0.3, 0.4) is 0 Å². The molecule has 1 unspecified atom stereocenters. The molecule has 21 heavy (non-hydrogen) atoms. The monoisotopic (exact) mass is 377 g/mol. The topological polar surface area (TPSA) is 101 Å². The van der Waals surface area contributed by atoms with Crippen molar-refractivity contribution in [2.24, 2.45) is 0 Å². The molecule has 0 radical (unpaired) electrons. The molecule has 0 saturated carbocycles. The van der Waals surface area contributed by atoms with Gasteiger partial charge in [-0.05, 0) is 45.4 Å². The molecular formula is C13H20BrN3O3S. The van der Waals surface area contributed by atoms with Gasteiger partial charge in [-0.1, -0.05) is 15.9 Å². The molecule has 0 aromatic heterocycles. The van der Waals surface area contributed by atoms with Crippen molar-refractivity contribution in [1.29, 1.82) is 0 Å². The van der Waals surface area contributed by atoms with E-state index in [4.69, 9.17) is 5.73 Å². The Morgan fingerprint density at radius 1 is 1.29 bits per heavy atom. The van der Waals surface area contributed by atoms with Crippen LogP contribution in [0, 0.1) is 6.92 Å². The Labute approximate surface area is 133 Å². The Bertz CT molecular complexity index is 644. The Morgan fingerprint density at radius 2 is 1.86 bits per heavy atom. The van der Waals surface area contributed by atoms with Gasteiger partial charge in [-0.2, -0.15) is 4.72 Å². The van der Waals surface area contributed by atoms with Gasteiger partial charge in [0.2, 0.25) is 15.9 Å². The molecular weight excluding hydrogens is 358 g/mol. The highest BCUT2D eigenvalue weighted by molar-refractivity contribution is 9.10. The molecule has 1 rings (SSSR count). The van der Waals surface area contributed by atoms with Crippen LogP contribution in [0.15, 0.2) is 21.5 Å². The van der Waals surface area contributed by atoms with Crippen LogP contribution < -0.4 is 15.8 Å². The molecule has 1 aromatic carbocycles. The van der Waals surface area contributed by atoms with Crippen molar-refractivity contribution in [3.63, 3.8) is 0 Å². The molecule has 0 bridgehead atoms. The summed E-state index contributed by atoms with van der Waals surface area (Å²) in [6.45, 7) is 6.72. The first-order valence-electron chi connectivity index (χ1n) is 6.43. The van der Waals surface area contributed by atoms with Crippen molar-refractivity contribution in [2.45, 2.75) is 44.7 Å². The molecule has 0 saturated heterocycles. The lowest BCUT2D eigenvalue weighted by molar-refractivity contribution is -0.122. The minimum atomic E-state index is -3.84. The minimum Gasteiger partial charge on any atom is -0.398 e. The highest BCUT2D eigenvalue weighted by Crippen LogP contribution is 2.26. The molecule has 118 valence electrons. The zero-order chi connectivity index (χ0) is 16.4. The summed E-state index contributed by atoms with van der Waals surface area (Å²) in [7, 11) is -3.84. The molecule has 1 atom stereocenters. The average Bonchev–Trinajstić information content (AvgIpc) is 2.32. The number of halogens is 1. The molecule has 1 amide bonds. The van der Waals surface area contributed by atoms with Crippen LogP contribution in [0.1, 0.15) is 26.3 Å². The number of nitrogens with two attached hydrogens (primary N) is 1. The highest BCUT2D eigenvalue weighted by Gasteiger charge is 2.24. The van der Waals surface area contributed by atoms with E-state index < -0.39 is 16.1 Å². The van der Waals surface area contributed by atoms with E-state index >= 15 is 0 Å². The third-order valence-corrected chi connectivity index (χ3v) is 4.94. The van der Waals surface area contributed by atoms with Gasteiger partial charge >= 0.3 is 0 Å². The second-order valence-electron chi connectivity index (χ2n) is 5.12. The van der Waals surface area contributed by atoms with Crippen molar-refractivity contribution in [3.05, 3.63) is 22.2 Å². The van der Waals surface area contributed by atoms with Crippen LogP contribution in [-0.4, -0.2) is 26.4 Å². The van der Waals surface area contributed by atoms with Gasteiger partial charge in [0.05, 0.1) is 10.9 Å². The standard InChI is InChI=1S/C13H20BrN3O3S/c1-7(2)16-13(18)9(4)17-21(19,20)12-6-10(14)5-11(15)8(12)3/h5-7,9,17H,15H2,1-4H3,(H,16,18). The zero-order valence-electron chi connectivity index (χ0n) is 12.4. The summed E-state index contributed by atoms with van der Waals surface area (Å²) < 4.78 is 27.7. The largest absolute Gasteiger partial charge is 0.398 e. The number of sulfonamides is 1. The fourth-order valence-electron chi connectivity index (χ4n) is 1.71. The number of hydrogen-bond acceptors (Lipinski definition) is 4. The molecule has 0 spiro atoms. The summed E-state index contributed by atoms with van der Waals surface area (Å²) in [5.41, 5.74) is 6.58. The normalized spacial score (nSPS) is 13.2. The van der Waals surface area contributed by atoms with Crippen LogP contribution in [0.4, 0.5) is 5.69 Å². The molecule has 0 aliphatic heterocycles. The van der Waals surface area contributed by atoms with Crippen LogP contribution in [-0.2, 0) is 14.8 Å². The van der Waals surface area contributed by atoms with Crippen LogP contribution in [0.25, 0.3) is 0 Å². The van der Waals surface area contributed by atoms with Gasteiger partial charge in [0, 0.05) is 16.2 Å². The summed E-state index contributed by atoms with van der Waals surface area (Å²) in [4.78, 5) is 11.9. The number of rotatable bonds is 5. The van der Waals surface area contributed by atoms with Gasteiger partial charge < -0.3 is 11.1 Å². The van der Waals surface area contributed by atoms with Crippen LogP contribution in [0.2, 0.25) is 0 Å². The SMILES string of the molecule is Cc1c(N)cc(Br)cc1S(=O)(=O)NC(C)C(=O)NC(C)C. The van der Waals surface area contributed by atoms with Gasteiger partial charge in [-0.25, -0.2) is 8.42 Å². The summed E-state index contributed by atoms with van der Waals surface area (Å²) in [5.74, 6) is -0.380. The third kappa shape index (κ3) is 4.69. The number of benzene rings is 1. The molecule has 4 N–H and O–H groups in total. The fourth-order valence-corrected chi connectivity index (χ4v) is 3.84. The smallest absolute Gasteiger partial charge is 0.241 e. The van der Waals surface area contributed by atoms with E-state index in [0.717, 1.165) is 0 Å². The Balaban J connectivity index is 3.05. The van der Waals surface area contributed by atoms with E-state index in [1.165, 1.54) is 13.0 Å². The summed E-state index contributed by atoms with van der Waals surface area (Å²) >= 11 is 3.22. The van der Waals surface area contributed by atoms with E-state index in [0.29, 0.717) is 15.7 Å². The van der Waals surface area contributed by atoms with Gasteiger partial charge in [0.15, 0.2) is 0 Å². The first-order valence-corrected chi connectivity index (χ1v) is 8.70. The number of amides is 1. The number of carbonyl (C=O) groups is 1. The molecule has 0 aliphatic rings. The summed E-state index contributed by atoms with van der Waals surface area (Å²) in [5, 5.41) is 2.65. The number of hydrogen-bond donors (Lipinski definition) is 3. The van der Waals surface area contributed by atoms with E-state index in [1.807, 2.05) is 0 Å². The maximum Gasteiger partial charge on any atom is 0.241 e. The molecule has 1 aromatic rings. The zero-order valence-corrected chi connectivity index (χ0v) is 14.8. The van der Waals surface area contributed by atoms with Crippen molar-refractivity contribution in [2.75, 3.05) is 5.73 Å². The number of carbonyl (C=O) groups excluding carboxylic acids is 1. The van der Waals surface area contributed by atoms with Gasteiger partial charge in [0.25, 0.3) is 0 Å². The number of nitrogens with one attached hydrogen (secondary N) is 2. The molecule has 8 heteroatoms. The summed E-state index contributed by atoms with van der Waals surface area (Å²) in [6, 6.07) is 2.15. The van der Waals surface area contributed by atoms with Gasteiger partial charge in [-0.15, -0.1) is 0 Å². The second kappa shape index (κ2) is 6.76. The van der Waals surface area contributed by atoms with E-state index in [-0.39, 0.29) is 16.8 Å². The number of nitrogen functional groups attached to an aromatic ring is 1. The van der Waals surface area contributed by atoms with Crippen LogP contribution >= 0.6 is 15.9 Å². The van der Waals surface area contributed by atoms with Gasteiger partial charge in [-0.3, -0.25) is 4.79 Å². The molecule has 6 nitrogen and oxygen atoms in total. The lowest BCUT2D eigenvalue weighted by atomic mass is 10.2. The maximum atomic E-state index is 12.4. The van der Waals surface area contributed by atoms with Crippen molar-refractivity contribution in [1.82, 2.24) is 10.0 Å². The van der Waals surface area contributed by atoms with Gasteiger partial charge in [0.1, 0.15) is 0 Å². The Hall–Kier alpha value is -1.12. The first-order chi connectivity index (χ1) is 9.54. The quantitative estimate of drug-likeness (QED) is 0.677. The maximum absolute atomic E-state index is 12.4. The first kappa shape index (κ1) is 17.9. The van der Waals surface area contributed by atoms with Crippen molar-refractivity contribution in [3.8, 4) is 0 Å². The Morgan fingerprint density at radius 3 is 2.38 bits per heavy atom. The third-order valence-electron chi connectivity index (χ3n) is 2.81.